The molecule has 0 aromatic heterocycles. The molecule has 1 aliphatic rings. The van der Waals surface area contributed by atoms with Gasteiger partial charge in [-0.1, -0.05) is 72.3 Å². The molecule has 0 nitrogen and oxygen atoms in total. The van der Waals surface area contributed by atoms with Gasteiger partial charge in [0.15, 0.2) is 0 Å². The van der Waals surface area contributed by atoms with Crippen LogP contribution in [0.1, 0.15) is 22.6 Å². The zero-order valence-corrected chi connectivity index (χ0v) is 12.3. The fourth-order valence-electron chi connectivity index (χ4n) is 3.36. The fourth-order valence-corrected chi connectivity index (χ4v) is 3.56. The van der Waals surface area contributed by atoms with Gasteiger partial charge in [0.2, 0.25) is 0 Å². The second-order valence-electron chi connectivity index (χ2n) is 5.56. The third kappa shape index (κ3) is 2.16. The maximum atomic E-state index is 6.19. The van der Waals surface area contributed by atoms with E-state index in [1.807, 2.05) is 12.1 Å². The lowest BCUT2D eigenvalue weighted by Crippen LogP contribution is -2.12. The molecule has 0 spiro atoms. The van der Waals surface area contributed by atoms with Gasteiger partial charge in [0.25, 0.3) is 0 Å². The predicted molar refractivity (Wildman–Crippen MR) is 88.9 cm³/mol. The fraction of sp³-hybridized carbons (Fsp3) is 0.100. The van der Waals surface area contributed by atoms with Gasteiger partial charge in [-0.15, -0.1) is 0 Å². The van der Waals surface area contributed by atoms with Gasteiger partial charge in [-0.25, -0.2) is 0 Å². The van der Waals surface area contributed by atoms with Crippen LogP contribution in [-0.2, 0) is 6.42 Å². The van der Waals surface area contributed by atoms with Gasteiger partial charge in [0, 0.05) is 10.9 Å². The molecule has 0 heterocycles. The lowest BCUT2D eigenvalue weighted by molar-refractivity contribution is 0.794. The van der Waals surface area contributed by atoms with Gasteiger partial charge in [-0.3, -0.25) is 0 Å². The topological polar surface area (TPSA) is 0 Å². The monoisotopic (exact) mass is 290 g/mol. The van der Waals surface area contributed by atoms with Crippen molar-refractivity contribution in [3.63, 3.8) is 0 Å². The first kappa shape index (κ1) is 12.7. The molecule has 3 aromatic carbocycles. The average molecular weight is 291 g/mol. The van der Waals surface area contributed by atoms with Crippen molar-refractivity contribution < 1.29 is 0 Å². The van der Waals surface area contributed by atoms with Crippen molar-refractivity contribution in [1.29, 1.82) is 0 Å². The van der Waals surface area contributed by atoms with E-state index in [9.17, 15) is 0 Å². The van der Waals surface area contributed by atoms with E-state index in [0.29, 0.717) is 5.92 Å². The van der Waals surface area contributed by atoms with Crippen molar-refractivity contribution in [3.8, 4) is 11.1 Å². The molecule has 0 amide bonds. The molecule has 1 heteroatoms. The molecule has 0 saturated heterocycles. The summed E-state index contributed by atoms with van der Waals surface area (Å²) < 4.78 is 0. The van der Waals surface area contributed by atoms with Crippen LogP contribution in [0.15, 0.2) is 72.8 Å². The molecule has 1 aliphatic carbocycles. The van der Waals surface area contributed by atoms with Gasteiger partial charge in [-0.2, -0.15) is 0 Å². The summed E-state index contributed by atoms with van der Waals surface area (Å²) in [6.45, 7) is 0. The predicted octanol–water partition coefficient (Wildman–Crippen LogP) is 5.70. The summed E-state index contributed by atoms with van der Waals surface area (Å²) in [5.41, 5.74) is 6.83. The largest absolute Gasteiger partial charge is 0.0843 e. The number of hydrogen-bond acceptors (Lipinski definition) is 0. The molecule has 102 valence electrons. The molecule has 21 heavy (non-hydrogen) atoms. The molecule has 1 atom stereocenters. The van der Waals surface area contributed by atoms with Crippen molar-refractivity contribution in [2.45, 2.75) is 12.3 Å². The molecule has 0 saturated carbocycles. The first-order valence-corrected chi connectivity index (χ1v) is 7.63. The van der Waals surface area contributed by atoms with Crippen molar-refractivity contribution in [3.05, 3.63) is 94.5 Å². The Hall–Kier alpha value is -2.05. The van der Waals surface area contributed by atoms with Crippen molar-refractivity contribution in [2.75, 3.05) is 0 Å². The van der Waals surface area contributed by atoms with Crippen LogP contribution in [0.4, 0.5) is 0 Å². The first-order valence-electron chi connectivity index (χ1n) is 7.25. The van der Waals surface area contributed by atoms with E-state index >= 15 is 0 Å². The molecular formula is C20H15Cl. The van der Waals surface area contributed by atoms with E-state index in [0.717, 1.165) is 11.4 Å². The minimum atomic E-state index is 0.384. The Labute approximate surface area is 130 Å². The summed E-state index contributed by atoms with van der Waals surface area (Å²) in [5.74, 6) is 0.384. The first-order chi connectivity index (χ1) is 10.3. The quantitative estimate of drug-likeness (QED) is 0.540. The van der Waals surface area contributed by atoms with Crippen molar-refractivity contribution in [2.24, 2.45) is 0 Å². The lowest BCUT2D eigenvalue weighted by atomic mass is 9.76. The maximum absolute atomic E-state index is 6.19. The summed E-state index contributed by atoms with van der Waals surface area (Å²) in [4.78, 5) is 0. The molecule has 0 bridgehead atoms. The molecule has 1 unspecified atom stereocenters. The van der Waals surface area contributed by atoms with E-state index in [-0.39, 0.29) is 0 Å². The second-order valence-corrected chi connectivity index (χ2v) is 5.99. The summed E-state index contributed by atoms with van der Waals surface area (Å²) in [6, 6.07) is 25.7. The molecule has 0 fully saturated rings. The highest BCUT2D eigenvalue weighted by atomic mass is 35.5. The minimum absolute atomic E-state index is 0.384. The van der Waals surface area contributed by atoms with Crippen molar-refractivity contribution in [1.82, 2.24) is 0 Å². The van der Waals surface area contributed by atoms with E-state index in [1.54, 1.807) is 0 Å². The van der Waals surface area contributed by atoms with Crippen LogP contribution < -0.4 is 0 Å². The van der Waals surface area contributed by atoms with Crippen LogP contribution in [0.3, 0.4) is 0 Å². The van der Waals surface area contributed by atoms with E-state index in [2.05, 4.69) is 60.7 Å². The third-order valence-corrected chi connectivity index (χ3v) is 4.55. The zero-order chi connectivity index (χ0) is 14.2. The van der Waals surface area contributed by atoms with Crippen LogP contribution in [0, 0.1) is 0 Å². The Balaban J connectivity index is 1.92. The second kappa shape index (κ2) is 5.05. The molecule has 0 aliphatic heterocycles. The zero-order valence-electron chi connectivity index (χ0n) is 11.6. The summed E-state index contributed by atoms with van der Waals surface area (Å²) >= 11 is 6.19. The average Bonchev–Trinajstić information content (AvgIpc) is 2.54. The minimum Gasteiger partial charge on any atom is -0.0843 e. The van der Waals surface area contributed by atoms with Crippen LogP contribution in [0.25, 0.3) is 11.1 Å². The summed E-state index contributed by atoms with van der Waals surface area (Å²) in [7, 11) is 0. The maximum Gasteiger partial charge on any atom is 0.0408 e. The highest BCUT2D eigenvalue weighted by molar-refractivity contribution is 6.30. The van der Waals surface area contributed by atoms with Gasteiger partial charge >= 0.3 is 0 Å². The summed E-state index contributed by atoms with van der Waals surface area (Å²) in [5, 5.41) is 0.809. The standard InChI is InChI=1S/C20H15Cl/c21-16-8-5-7-14(12-16)20-13-15-6-1-2-9-17(15)18-10-3-4-11-19(18)20/h1-12,20H,13H2. The Morgan fingerprint density at radius 2 is 1.52 bits per heavy atom. The third-order valence-electron chi connectivity index (χ3n) is 4.32. The number of hydrogen-bond donors (Lipinski definition) is 0. The van der Waals surface area contributed by atoms with Gasteiger partial charge < -0.3 is 0 Å². The molecular weight excluding hydrogens is 276 g/mol. The van der Waals surface area contributed by atoms with Crippen LogP contribution >= 0.6 is 11.6 Å². The molecule has 0 radical (unpaired) electrons. The van der Waals surface area contributed by atoms with Gasteiger partial charge in [0.1, 0.15) is 0 Å². The van der Waals surface area contributed by atoms with E-state index in [1.165, 1.54) is 27.8 Å². The van der Waals surface area contributed by atoms with Gasteiger partial charge in [0.05, 0.1) is 0 Å². The Bertz CT molecular complexity index is 804. The smallest absolute Gasteiger partial charge is 0.0408 e. The van der Waals surface area contributed by atoms with Gasteiger partial charge in [-0.05, 0) is 46.4 Å². The molecule has 0 N–H and O–H groups in total. The number of rotatable bonds is 1. The highest BCUT2D eigenvalue weighted by Crippen LogP contribution is 2.42. The van der Waals surface area contributed by atoms with Crippen LogP contribution in [0.5, 0.6) is 0 Å². The number of benzene rings is 3. The van der Waals surface area contributed by atoms with Crippen LogP contribution in [0.2, 0.25) is 5.02 Å². The normalized spacial score (nSPS) is 16.1. The SMILES string of the molecule is Clc1cccc(C2Cc3ccccc3-c3ccccc32)c1. The number of fused-ring (bicyclic) bond motifs is 3. The van der Waals surface area contributed by atoms with Crippen LogP contribution in [-0.4, -0.2) is 0 Å². The highest BCUT2D eigenvalue weighted by Gasteiger charge is 2.25. The summed E-state index contributed by atoms with van der Waals surface area (Å²) in [6.07, 6.45) is 1.04. The van der Waals surface area contributed by atoms with E-state index in [4.69, 9.17) is 11.6 Å². The molecule has 4 rings (SSSR count). The number of halogens is 1. The molecule has 3 aromatic rings. The Morgan fingerprint density at radius 3 is 2.38 bits per heavy atom. The Kier molecular flexibility index (Phi) is 3.05. The van der Waals surface area contributed by atoms with E-state index < -0.39 is 0 Å². The lowest BCUT2D eigenvalue weighted by Gasteiger charge is -2.28. The van der Waals surface area contributed by atoms with Crippen molar-refractivity contribution >= 4 is 11.6 Å². The Morgan fingerprint density at radius 1 is 0.762 bits per heavy atom.